The summed E-state index contributed by atoms with van der Waals surface area (Å²) in [4.78, 5) is 11.1. The Balaban J connectivity index is 2.47. The molecule has 3 nitrogen and oxygen atoms in total. The smallest absolute Gasteiger partial charge is 0.306 e. The molecule has 3 heteroatoms. The van der Waals surface area contributed by atoms with Crippen LogP contribution in [0.4, 0.5) is 0 Å². The molecule has 1 saturated carbocycles. The van der Waals surface area contributed by atoms with E-state index in [1.165, 1.54) is 0 Å². The maximum atomic E-state index is 11.1. The summed E-state index contributed by atoms with van der Waals surface area (Å²) in [6, 6.07) is 0. The molecule has 0 heterocycles. The Morgan fingerprint density at radius 2 is 1.93 bits per heavy atom. The number of aliphatic hydroxyl groups is 1. The van der Waals surface area contributed by atoms with Crippen molar-refractivity contribution in [3.63, 3.8) is 0 Å². The maximum absolute atomic E-state index is 11.1. The van der Waals surface area contributed by atoms with Gasteiger partial charge in [0.2, 0.25) is 0 Å². The molecule has 0 aliphatic heterocycles. The van der Waals surface area contributed by atoms with E-state index in [1.807, 2.05) is 0 Å². The molecular formula is C12H22O3. The fourth-order valence-electron chi connectivity index (χ4n) is 2.43. The molecule has 0 bridgehead atoms. The van der Waals surface area contributed by atoms with Crippen molar-refractivity contribution in [1.29, 1.82) is 0 Å². The van der Waals surface area contributed by atoms with Crippen molar-refractivity contribution in [1.82, 2.24) is 0 Å². The van der Waals surface area contributed by atoms with E-state index >= 15 is 0 Å². The van der Waals surface area contributed by atoms with Gasteiger partial charge in [-0.3, -0.25) is 4.79 Å². The first-order valence-corrected chi connectivity index (χ1v) is 5.85. The topological polar surface area (TPSA) is 57.5 Å². The van der Waals surface area contributed by atoms with Gasteiger partial charge >= 0.3 is 5.97 Å². The lowest BCUT2D eigenvalue weighted by molar-refractivity contribution is -0.144. The van der Waals surface area contributed by atoms with E-state index in [1.54, 1.807) is 13.8 Å². The van der Waals surface area contributed by atoms with Gasteiger partial charge in [-0.1, -0.05) is 12.8 Å². The largest absolute Gasteiger partial charge is 0.481 e. The molecule has 88 valence electrons. The monoisotopic (exact) mass is 214 g/mol. The summed E-state index contributed by atoms with van der Waals surface area (Å²) in [6.07, 6.45) is 5.59. The summed E-state index contributed by atoms with van der Waals surface area (Å²) in [5.41, 5.74) is -0.744. The molecule has 0 spiro atoms. The van der Waals surface area contributed by atoms with Crippen molar-refractivity contribution < 1.29 is 15.0 Å². The summed E-state index contributed by atoms with van der Waals surface area (Å²) in [6.45, 7) is 3.47. The maximum Gasteiger partial charge on any atom is 0.306 e. The van der Waals surface area contributed by atoms with Crippen LogP contribution in [0.1, 0.15) is 52.4 Å². The summed E-state index contributed by atoms with van der Waals surface area (Å²) >= 11 is 0. The lowest BCUT2D eigenvalue weighted by atomic mass is 9.84. The lowest BCUT2D eigenvalue weighted by Crippen LogP contribution is -2.26. The molecule has 1 fully saturated rings. The van der Waals surface area contributed by atoms with Crippen molar-refractivity contribution in [3.8, 4) is 0 Å². The first kappa shape index (κ1) is 12.5. The van der Waals surface area contributed by atoms with E-state index in [9.17, 15) is 9.90 Å². The number of hydrogen-bond donors (Lipinski definition) is 2. The second-order valence-corrected chi connectivity index (χ2v) is 5.34. The first-order valence-electron chi connectivity index (χ1n) is 5.85. The number of hydrogen-bond acceptors (Lipinski definition) is 2. The Hall–Kier alpha value is -0.570. The summed E-state index contributed by atoms with van der Waals surface area (Å²) < 4.78 is 0. The van der Waals surface area contributed by atoms with Crippen LogP contribution in [0, 0.1) is 11.8 Å². The van der Waals surface area contributed by atoms with Gasteiger partial charge in [-0.25, -0.2) is 0 Å². The zero-order chi connectivity index (χ0) is 11.5. The number of carbonyl (C=O) groups is 1. The van der Waals surface area contributed by atoms with Crippen LogP contribution in [0.2, 0.25) is 0 Å². The molecule has 1 rings (SSSR count). The van der Waals surface area contributed by atoms with E-state index in [0.717, 1.165) is 25.7 Å². The highest BCUT2D eigenvalue weighted by atomic mass is 16.4. The summed E-state index contributed by atoms with van der Waals surface area (Å²) in [7, 11) is 0. The van der Waals surface area contributed by atoms with E-state index in [2.05, 4.69) is 0 Å². The van der Waals surface area contributed by atoms with Gasteiger partial charge in [0.25, 0.3) is 0 Å². The predicted molar refractivity (Wildman–Crippen MR) is 58.6 cm³/mol. The molecule has 0 aromatic carbocycles. The van der Waals surface area contributed by atoms with Crippen molar-refractivity contribution in [2.45, 2.75) is 58.0 Å². The minimum absolute atomic E-state index is 0.251. The molecule has 1 aliphatic rings. The van der Waals surface area contributed by atoms with Gasteiger partial charge in [0.1, 0.15) is 0 Å². The van der Waals surface area contributed by atoms with Crippen molar-refractivity contribution >= 4 is 5.97 Å². The van der Waals surface area contributed by atoms with Crippen LogP contribution in [-0.2, 0) is 4.79 Å². The van der Waals surface area contributed by atoms with Crippen LogP contribution in [0.3, 0.4) is 0 Å². The highest BCUT2D eigenvalue weighted by Gasteiger charge is 2.31. The van der Waals surface area contributed by atoms with Crippen molar-refractivity contribution in [3.05, 3.63) is 0 Å². The molecule has 0 amide bonds. The SMILES string of the molecule is CC(C)(O)CCC(C(=O)O)C1CCCC1. The zero-order valence-electron chi connectivity index (χ0n) is 9.70. The van der Waals surface area contributed by atoms with Gasteiger partial charge in [0, 0.05) is 0 Å². The number of carboxylic acid groups (broad SMARTS) is 1. The molecule has 0 radical (unpaired) electrons. The minimum atomic E-state index is -0.744. The first-order chi connectivity index (χ1) is 6.90. The molecular weight excluding hydrogens is 192 g/mol. The molecule has 15 heavy (non-hydrogen) atoms. The molecule has 0 aromatic heterocycles. The lowest BCUT2D eigenvalue weighted by Gasteiger charge is -2.23. The fourth-order valence-corrected chi connectivity index (χ4v) is 2.43. The number of rotatable bonds is 5. The minimum Gasteiger partial charge on any atom is -0.481 e. The van der Waals surface area contributed by atoms with Crippen LogP contribution in [-0.4, -0.2) is 21.8 Å². The van der Waals surface area contributed by atoms with Crippen LogP contribution in [0.5, 0.6) is 0 Å². The van der Waals surface area contributed by atoms with Gasteiger partial charge in [0.15, 0.2) is 0 Å². The highest BCUT2D eigenvalue weighted by Crippen LogP contribution is 2.34. The standard InChI is InChI=1S/C12H22O3/c1-12(2,15)8-7-10(11(13)14)9-5-3-4-6-9/h9-10,15H,3-8H2,1-2H3,(H,13,14). The Bertz CT molecular complexity index is 211. The van der Waals surface area contributed by atoms with E-state index in [-0.39, 0.29) is 5.92 Å². The van der Waals surface area contributed by atoms with Crippen molar-refractivity contribution in [2.24, 2.45) is 11.8 Å². The normalized spacial score (nSPS) is 20.5. The molecule has 0 aromatic rings. The molecule has 1 unspecified atom stereocenters. The van der Waals surface area contributed by atoms with Gasteiger partial charge in [0.05, 0.1) is 11.5 Å². The average Bonchev–Trinajstić information content (AvgIpc) is 2.54. The number of carboxylic acids is 1. The second kappa shape index (κ2) is 4.97. The third-order valence-corrected chi connectivity index (χ3v) is 3.35. The fraction of sp³-hybridized carbons (Fsp3) is 0.917. The van der Waals surface area contributed by atoms with Crippen LogP contribution < -0.4 is 0 Å². The Morgan fingerprint density at radius 1 is 1.40 bits per heavy atom. The molecule has 2 N–H and O–H groups in total. The van der Waals surface area contributed by atoms with Gasteiger partial charge in [-0.05, 0) is 45.4 Å². The van der Waals surface area contributed by atoms with Gasteiger partial charge in [-0.2, -0.15) is 0 Å². The summed E-state index contributed by atoms with van der Waals surface area (Å²) in [5.74, 6) is -0.602. The van der Waals surface area contributed by atoms with E-state index < -0.39 is 11.6 Å². The third-order valence-electron chi connectivity index (χ3n) is 3.35. The van der Waals surface area contributed by atoms with E-state index in [4.69, 9.17) is 5.11 Å². The second-order valence-electron chi connectivity index (χ2n) is 5.34. The van der Waals surface area contributed by atoms with E-state index in [0.29, 0.717) is 18.8 Å². The average molecular weight is 214 g/mol. The van der Waals surface area contributed by atoms with Gasteiger partial charge in [-0.15, -0.1) is 0 Å². The highest BCUT2D eigenvalue weighted by molar-refractivity contribution is 5.70. The third kappa shape index (κ3) is 4.20. The molecule has 1 atom stereocenters. The zero-order valence-corrected chi connectivity index (χ0v) is 9.70. The van der Waals surface area contributed by atoms with Crippen LogP contribution in [0.15, 0.2) is 0 Å². The quantitative estimate of drug-likeness (QED) is 0.739. The van der Waals surface area contributed by atoms with Crippen molar-refractivity contribution in [2.75, 3.05) is 0 Å². The van der Waals surface area contributed by atoms with Crippen LogP contribution in [0.25, 0.3) is 0 Å². The molecule has 0 saturated heterocycles. The Morgan fingerprint density at radius 3 is 2.33 bits per heavy atom. The molecule has 1 aliphatic carbocycles. The van der Waals surface area contributed by atoms with Gasteiger partial charge < -0.3 is 10.2 Å². The Kier molecular flexibility index (Phi) is 4.14. The predicted octanol–water partition coefficient (Wildman–Crippen LogP) is 2.43. The number of aliphatic carboxylic acids is 1. The van der Waals surface area contributed by atoms with Crippen LogP contribution >= 0.6 is 0 Å². The summed E-state index contributed by atoms with van der Waals surface area (Å²) in [5, 5.41) is 18.7. The Labute approximate surface area is 91.5 Å².